The van der Waals surface area contributed by atoms with Gasteiger partial charge in [0.15, 0.2) is 5.69 Å². The van der Waals surface area contributed by atoms with Crippen LogP contribution in [-0.2, 0) is 17.9 Å². The molecule has 0 saturated carbocycles. The first-order valence-electron chi connectivity index (χ1n) is 8.27. The maximum absolute atomic E-state index is 13.1. The molecule has 0 fully saturated rings. The number of ether oxygens (including phenoxy) is 1. The molecule has 1 N–H and O–H groups in total. The molecule has 0 spiro atoms. The van der Waals surface area contributed by atoms with Gasteiger partial charge in [0, 0.05) is 5.69 Å². The molecule has 1 aromatic heterocycles. The maximum Gasteiger partial charge on any atom is 0.278 e. The standard InChI is InChI=1S/C19H17FN4O2/c1-12-2-8-15(9-3-12)21-19(25)18-16-11-26-17(10-24(16)23-22-18)13-4-6-14(20)7-5-13/h2-9,17H,10-11H2,1H3,(H,21,25). The minimum Gasteiger partial charge on any atom is -0.365 e. The van der Waals surface area contributed by atoms with Gasteiger partial charge in [-0.05, 0) is 36.8 Å². The van der Waals surface area contributed by atoms with E-state index in [4.69, 9.17) is 4.74 Å². The van der Waals surface area contributed by atoms with E-state index in [2.05, 4.69) is 15.6 Å². The number of carbonyl (C=O) groups excluding carboxylic acids is 1. The fourth-order valence-electron chi connectivity index (χ4n) is 2.89. The zero-order chi connectivity index (χ0) is 18.1. The number of rotatable bonds is 3. The fraction of sp³-hybridized carbons (Fsp3) is 0.211. The molecule has 0 saturated heterocycles. The van der Waals surface area contributed by atoms with Crippen LogP contribution >= 0.6 is 0 Å². The van der Waals surface area contributed by atoms with E-state index in [1.165, 1.54) is 12.1 Å². The second-order valence-corrected chi connectivity index (χ2v) is 6.24. The summed E-state index contributed by atoms with van der Waals surface area (Å²) in [5.74, 6) is -0.611. The zero-order valence-electron chi connectivity index (χ0n) is 14.1. The fourth-order valence-corrected chi connectivity index (χ4v) is 2.89. The van der Waals surface area contributed by atoms with Crippen LogP contribution in [0.5, 0.6) is 0 Å². The van der Waals surface area contributed by atoms with Crippen LogP contribution in [0.3, 0.4) is 0 Å². The van der Waals surface area contributed by atoms with Crippen molar-refractivity contribution in [3.05, 3.63) is 76.9 Å². The van der Waals surface area contributed by atoms with Gasteiger partial charge in [0.2, 0.25) is 0 Å². The van der Waals surface area contributed by atoms with Crippen molar-refractivity contribution in [2.24, 2.45) is 0 Å². The van der Waals surface area contributed by atoms with Gasteiger partial charge < -0.3 is 10.1 Å². The summed E-state index contributed by atoms with van der Waals surface area (Å²) in [6, 6.07) is 13.7. The Kier molecular flexibility index (Phi) is 4.22. The van der Waals surface area contributed by atoms with E-state index in [0.717, 1.165) is 11.1 Å². The lowest BCUT2D eigenvalue weighted by Gasteiger charge is -2.24. The van der Waals surface area contributed by atoms with Crippen molar-refractivity contribution in [2.45, 2.75) is 26.2 Å². The Morgan fingerprint density at radius 3 is 2.65 bits per heavy atom. The molecule has 4 rings (SSSR count). The van der Waals surface area contributed by atoms with Crippen LogP contribution in [-0.4, -0.2) is 20.9 Å². The van der Waals surface area contributed by atoms with Gasteiger partial charge in [0.25, 0.3) is 5.91 Å². The van der Waals surface area contributed by atoms with E-state index in [-0.39, 0.29) is 30.1 Å². The first kappa shape index (κ1) is 16.4. The number of aromatic nitrogens is 3. The molecule has 6 nitrogen and oxygen atoms in total. The van der Waals surface area contributed by atoms with Gasteiger partial charge >= 0.3 is 0 Å². The predicted molar refractivity (Wildman–Crippen MR) is 93.1 cm³/mol. The number of aryl methyl sites for hydroxylation is 1. The summed E-state index contributed by atoms with van der Waals surface area (Å²) in [4.78, 5) is 12.5. The van der Waals surface area contributed by atoms with E-state index in [9.17, 15) is 9.18 Å². The van der Waals surface area contributed by atoms with Crippen molar-refractivity contribution in [1.29, 1.82) is 0 Å². The highest BCUT2D eigenvalue weighted by Gasteiger charge is 2.27. The topological polar surface area (TPSA) is 69.0 Å². The summed E-state index contributed by atoms with van der Waals surface area (Å²) in [6.07, 6.45) is -0.252. The smallest absolute Gasteiger partial charge is 0.278 e. The molecule has 0 bridgehead atoms. The number of anilines is 1. The molecule has 1 aliphatic rings. The maximum atomic E-state index is 13.1. The number of nitrogens with one attached hydrogen (secondary N) is 1. The van der Waals surface area contributed by atoms with Crippen molar-refractivity contribution in [3.8, 4) is 0 Å². The number of hydrogen-bond acceptors (Lipinski definition) is 4. The van der Waals surface area contributed by atoms with E-state index in [0.29, 0.717) is 17.9 Å². The van der Waals surface area contributed by atoms with Crippen LogP contribution in [0, 0.1) is 12.7 Å². The minimum absolute atomic E-state index is 0.214. The molecule has 132 valence electrons. The van der Waals surface area contributed by atoms with E-state index < -0.39 is 0 Å². The molecule has 1 amide bonds. The van der Waals surface area contributed by atoms with E-state index in [1.54, 1.807) is 16.8 Å². The third kappa shape index (κ3) is 3.21. The second kappa shape index (κ2) is 6.68. The van der Waals surface area contributed by atoms with Crippen molar-refractivity contribution >= 4 is 11.6 Å². The van der Waals surface area contributed by atoms with Crippen LogP contribution in [0.25, 0.3) is 0 Å². The third-order valence-corrected chi connectivity index (χ3v) is 4.36. The van der Waals surface area contributed by atoms with Gasteiger partial charge in [-0.1, -0.05) is 35.0 Å². The van der Waals surface area contributed by atoms with Gasteiger partial charge in [-0.25, -0.2) is 9.07 Å². The molecule has 1 unspecified atom stereocenters. The Morgan fingerprint density at radius 2 is 1.92 bits per heavy atom. The molecule has 2 heterocycles. The van der Waals surface area contributed by atoms with Crippen LogP contribution in [0.4, 0.5) is 10.1 Å². The number of halogens is 1. The highest BCUT2D eigenvalue weighted by Crippen LogP contribution is 2.27. The molecular formula is C19H17FN4O2. The number of nitrogens with zero attached hydrogens (tertiary/aromatic N) is 3. The number of carbonyl (C=O) groups is 1. The van der Waals surface area contributed by atoms with Crippen LogP contribution in [0.15, 0.2) is 48.5 Å². The largest absolute Gasteiger partial charge is 0.365 e. The molecule has 3 aromatic rings. The summed E-state index contributed by atoms with van der Waals surface area (Å²) in [6.45, 7) is 2.62. The predicted octanol–water partition coefficient (Wildman–Crippen LogP) is 3.25. The summed E-state index contributed by atoms with van der Waals surface area (Å²) < 4.78 is 20.6. The molecule has 0 aliphatic carbocycles. The van der Waals surface area contributed by atoms with Gasteiger partial charge in [0.05, 0.1) is 18.8 Å². The summed E-state index contributed by atoms with van der Waals surface area (Å²) >= 11 is 0. The third-order valence-electron chi connectivity index (χ3n) is 4.36. The van der Waals surface area contributed by atoms with Crippen LogP contribution in [0.1, 0.15) is 33.4 Å². The number of amides is 1. The first-order valence-corrected chi connectivity index (χ1v) is 8.27. The highest BCUT2D eigenvalue weighted by atomic mass is 19.1. The Balaban J connectivity index is 1.51. The van der Waals surface area contributed by atoms with E-state index in [1.807, 2.05) is 31.2 Å². The Labute approximate surface area is 149 Å². The van der Waals surface area contributed by atoms with Gasteiger partial charge in [-0.2, -0.15) is 0 Å². The van der Waals surface area contributed by atoms with Crippen LogP contribution < -0.4 is 5.32 Å². The van der Waals surface area contributed by atoms with Crippen molar-refractivity contribution in [1.82, 2.24) is 15.0 Å². The number of fused-ring (bicyclic) bond motifs is 1. The Morgan fingerprint density at radius 1 is 1.19 bits per heavy atom. The highest BCUT2D eigenvalue weighted by molar-refractivity contribution is 6.03. The number of hydrogen-bond donors (Lipinski definition) is 1. The molecular weight excluding hydrogens is 335 g/mol. The van der Waals surface area contributed by atoms with Crippen molar-refractivity contribution in [3.63, 3.8) is 0 Å². The molecule has 7 heteroatoms. The number of benzene rings is 2. The average molecular weight is 352 g/mol. The monoisotopic (exact) mass is 352 g/mol. The summed E-state index contributed by atoms with van der Waals surface area (Å²) in [7, 11) is 0. The van der Waals surface area contributed by atoms with Crippen molar-refractivity contribution < 1.29 is 13.9 Å². The normalized spacial score (nSPS) is 16.2. The molecule has 26 heavy (non-hydrogen) atoms. The molecule has 0 radical (unpaired) electrons. The quantitative estimate of drug-likeness (QED) is 0.786. The second-order valence-electron chi connectivity index (χ2n) is 6.24. The lowest BCUT2D eigenvalue weighted by atomic mass is 10.1. The average Bonchev–Trinajstić information content (AvgIpc) is 3.07. The molecule has 2 aromatic carbocycles. The lowest BCUT2D eigenvalue weighted by molar-refractivity contribution is -0.00174. The summed E-state index contributed by atoms with van der Waals surface area (Å²) in [5, 5.41) is 10.9. The lowest BCUT2D eigenvalue weighted by Crippen LogP contribution is -2.24. The van der Waals surface area contributed by atoms with Gasteiger partial charge in [-0.3, -0.25) is 4.79 Å². The first-order chi connectivity index (χ1) is 12.6. The molecule has 1 aliphatic heterocycles. The zero-order valence-corrected chi connectivity index (χ0v) is 14.1. The SMILES string of the molecule is Cc1ccc(NC(=O)c2nnn3c2COC(c2ccc(F)cc2)C3)cc1. The van der Waals surface area contributed by atoms with E-state index >= 15 is 0 Å². The van der Waals surface area contributed by atoms with Gasteiger partial charge in [0.1, 0.15) is 11.9 Å². The Hall–Kier alpha value is -3.06. The van der Waals surface area contributed by atoms with Crippen LogP contribution in [0.2, 0.25) is 0 Å². The molecule has 1 atom stereocenters. The Bertz CT molecular complexity index is 935. The van der Waals surface area contributed by atoms with Gasteiger partial charge in [-0.15, -0.1) is 5.10 Å². The van der Waals surface area contributed by atoms with Crippen molar-refractivity contribution in [2.75, 3.05) is 5.32 Å². The summed E-state index contributed by atoms with van der Waals surface area (Å²) in [5.41, 5.74) is 3.56. The minimum atomic E-state index is -0.320.